The van der Waals surface area contributed by atoms with Gasteiger partial charge in [0.1, 0.15) is 19.0 Å². The first-order chi connectivity index (χ1) is 16.6. The van der Waals surface area contributed by atoms with Crippen LogP contribution in [0.3, 0.4) is 0 Å². The summed E-state index contributed by atoms with van der Waals surface area (Å²) < 4.78 is 16.5. The number of rotatable bonds is 7. The molecule has 1 aromatic carbocycles. The number of pyridine rings is 2. The second kappa shape index (κ2) is 10.3. The molecule has 0 spiro atoms. The van der Waals surface area contributed by atoms with Crippen molar-refractivity contribution in [1.29, 1.82) is 0 Å². The summed E-state index contributed by atoms with van der Waals surface area (Å²) >= 11 is 6.51. The Kier molecular flexibility index (Phi) is 7.01. The van der Waals surface area contributed by atoms with E-state index in [0.717, 1.165) is 59.6 Å². The lowest BCUT2D eigenvalue weighted by atomic mass is 10.00. The van der Waals surface area contributed by atoms with Gasteiger partial charge in [-0.15, -0.1) is 0 Å². The number of fused-ring (bicyclic) bond motifs is 2. The molecule has 3 aromatic rings. The Balaban J connectivity index is 1.16. The first kappa shape index (κ1) is 23.1. The van der Waals surface area contributed by atoms with Gasteiger partial charge in [0.2, 0.25) is 0 Å². The van der Waals surface area contributed by atoms with Crippen molar-refractivity contribution >= 4 is 22.5 Å². The predicted molar refractivity (Wildman–Crippen MR) is 130 cm³/mol. The van der Waals surface area contributed by atoms with E-state index in [0.29, 0.717) is 37.1 Å². The van der Waals surface area contributed by atoms with E-state index in [1.807, 2.05) is 24.3 Å². The fraction of sp³-hybridized carbons (Fsp3) is 0.440. The van der Waals surface area contributed by atoms with Gasteiger partial charge in [-0.1, -0.05) is 11.6 Å². The minimum atomic E-state index is -0.462. The van der Waals surface area contributed by atoms with E-state index in [-0.39, 0.29) is 6.04 Å². The number of piperidine rings is 1. The third-order valence-corrected chi connectivity index (χ3v) is 6.84. The van der Waals surface area contributed by atoms with E-state index in [1.165, 1.54) is 0 Å². The molecule has 2 aliphatic rings. The number of hydrogen-bond acceptors (Lipinski definition) is 8. The lowest BCUT2D eigenvalue weighted by Gasteiger charge is -2.36. The number of β-amino-alcohol motifs (C(OH)–C–C–N with tert-alkyl or cyclic N) is 1. The number of ether oxygens (including phenoxy) is 3. The zero-order chi connectivity index (χ0) is 23.5. The van der Waals surface area contributed by atoms with E-state index < -0.39 is 6.10 Å². The number of aromatic nitrogens is 2. The molecular formula is C25H29ClN4O4. The lowest BCUT2D eigenvalue weighted by molar-refractivity contribution is 0.0403. The van der Waals surface area contributed by atoms with Crippen molar-refractivity contribution < 1.29 is 19.3 Å². The van der Waals surface area contributed by atoms with Crippen molar-refractivity contribution in [2.24, 2.45) is 0 Å². The molecule has 2 aliphatic heterocycles. The highest BCUT2D eigenvalue weighted by Gasteiger charge is 2.27. The SMILES string of the molecule is COc1ccc2ncc(Cl)c(CCN3CC[C@H](NCc4cc5c(cn4)OCCO5)[C@H](O)C3)c2c1. The highest BCUT2D eigenvalue weighted by molar-refractivity contribution is 6.32. The molecule has 0 bridgehead atoms. The number of nitrogens with one attached hydrogen (secondary N) is 1. The fourth-order valence-electron chi connectivity index (χ4n) is 4.61. The average molecular weight is 485 g/mol. The van der Waals surface area contributed by atoms with Crippen LogP contribution in [0.4, 0.5) is 0 Å². The highest BCUT2D eigenvalue weighted by Crippen LogP contribution is 2.30. The Morgan fingerprint density at radius 1 is 1.18 bits per heavy atom. The van der Waals surface area contributed by atoms with Crippen LogP contribution >= 0.6 is 11.6 Å². The van der Waals surface area contributed by atoms with Gasteiger partial charge in [0.25, 0.3) is 0 Å². The van der Waals surface area contributed by atoms with Crippen molar-refractivity contribution in [3.05, 3.63) is 52.9 Å². The van der Waals surface area contributed by atoms with Crippen molar-refractivity contribution in [3.8, 4) is 17.2 Å². The molecule has 1 fully saturated rings. The quantitative estimate of drug-likeness (QED) is 0.529. The van der Waals surface area contributed by atoms with Crippen molar-refractivity contribution in [1.82, 2.24) is 20.2 Å². The molecule has 2 atom stereocenters. The summed E-state index contributed by atoms with van der Waals surface area (Å²) in [4.78, 5) is 11.2. The van der Waals surface area contributed by atoms with Gasteiger partial charge in [-0.25, -0.2) is 0 Å². The number of likely N-dealkylation sites (tertiary alicyclic amines) is 1. The van der Waals surface area contributed by atoms with E-state index in [1.54, 1.807) is 19.5 Å². The molecule has 4 heterocycles. The van der Waals surface area contributed by atoms with Crippen LogP contribution in [0.2, 0.25) is 5.02 Å². The summed E-state index contributed by atoms with van der Waals surface area (Å²) in [5.74, 6) is 2.20. The van der Waals surface area contributed by atoms with Gasteiger partial charge in [-0.2, -0.15) is 0 Å². The van der Waals surface area contributed by atoms with Gasteiger partial charge in [0, 0.05) is 43.3 Å². The number of aliphatic hydroxyl groups is 1. The maximum Gasteiger partial charge on any atom is 0.179 e. The molecule has 5 rings (SSSR count). The summed E-state index contributed by atoms with van der Waals surface area (Å²) in [6.07, 6.45) is 4.58. The predicted octanol–water partition coefficient (Wildman–Crippen LogP) is 2.83. The molecular weight excluding hydrogens is 456 g/mol. The van der Waals surface area contributed by atoms with Crippen LogP contribution in [-0.4, -0.2) is 72.1 Å². The van der Waals surface area contributed by atoms with Crippen LogP contribution in [0.5, 0.6) is 17.2 Å². The Morgan fingerprint density at radius 3 is 2.85 bits per heavy atom. The van der Waals surface area contributed by atoms with Gasteiger partial charge in [-0.05, 0) is 43.1 Å². The standard InChI is InChI=1S/C25H29ClN4O4/c1-32-17-2-3-21-19(11-17)18(20(26)13-29-21)4-6-30-7-5-22(23(31)15-30)28-12-16-10-24-25(14-27-16)34-9-8-33-24/h2-3,10-11,13-14,22-23,28,31H,4-9,12,15H2,1H3/t22-,23+/m0/s1. The van der Waals surface area contributed by atoms with Crippen molar-refractivity contribution in [2.75, 3.05) is 40.0 Å². The monoisotopic (exact) mass is 484 g/mol. The minimum Gasteiger partial charge on any atom is -0.497 e. The Morgan fingerprint density at radius 2 is 2.03 bits per heavy atom. The van der Waals surface area contributed by atoms with Crippen LogP contribution in [-0.2, 0) is 13.0 Å². The summed E-state index contributed by atoms with van der Waals surface area (Å²) in [6, 6.07) is 7.76. The number of benzene rings is 1. The zero-order valence-electron chi connectivity index (χ0n) is 19.2. The number of hydrogen-bond donors (Lipinski definition) is 2. The largest absolute Gasteiger partial charge is 0.497 e. The van der Waals surface area contributed by atoms with E-state index in [4.69, 9.17) is 25.8 Å². The summed E-state index contributed by atoms with van der Waals surface area (Å²) in [5.41, 5.74) is 2.83. The normalized spacial score (nSPS) is 20.4. The van der Waals surface area contributed by atoms with E-state index in [2.05, 4.69) is 20.2 Å². The third-order valence-electron chi connectivity index (χ3n) is 6.51. The lowest BCUT2D eigenvalue weighted by Crippen LogP contribution is -2.52. The van der Waals surface area contributed by atoms with Crippen molar-refractivity contribution in [3.63, 3.8) is 0 Å². The molecule has 0 aliphatic carbocycles. The summed E-state index contributed by atoms with van der Waals surface area (Å²) in [7, 11) is 1.66. The average Bonchev–Trinajstić information content (AvgIpc) is 2.87. The summed E-state index contributed by atoms with van der Waals surface area (Å²) in [5, 5.41) is 15.9. The van der Waals surface area contributed by atoms with Gasteiger partial charge in [0.15, 0.2) is 11.5 Å². The maximum atomic E-state index is 10.8. The minimum absolute atomic E-state index is 0.0147. The Hall–Kier alpha value is -2.65. The number of aliphatic hydroxyl groups excluding tert-OH is 1. The topological polar surface area (TPSA) is 89.0 Å². The van der Waals surface area contributed by atoms with E-state index >= 15 is 0 Å². The Labute approximate surface area is 203 Å². The first-order valence-corrected chi connectivity index (χ1v) is 12.0. The molecule has 0 amide bonds. The second-order valence-electron chi connectivity index (χ2n) is 8.68. The van der Waals surface area contributed by atoms with Crippen molar-refractivity contribution in [2.45, 2.75) is 31.5 Å². The number of nitrogens with zero attached hydrogens (tertiary/aromatic N) is 3. The number of methoxy groups -OCH3 is 1. The number of halogens is 1. The van der Waals surface area contributed by atoms with Gasteiger partial charge in [0.05, 0.1) is 35.6 Å². The van der Waals surface area contributed by atoms with Crippen LogP contribution < -0.4 is 19.5 Å². The smallest absolute Gasteiger partial charge is 0.179 e. The highest BCUT2D eigenvalue weighted by atomic mass is 35.5. The Bertz CT molecular complexity index is 1160. The molecule has 180 valence electrons. The third kappa shape index (κ3) is 5.05. The first-order valence-electron chi connectivity index (χ1n) is 11.6. The maximum absolute atomic E-state index is 10.8. The second-order valence-corrected chi connectivity index (χ2v) is 9.09. The van der Waals surface area contributed by atoms with Crippen LogP contribution in [0.25, 0.3) is 10.9 Å². The summed E-state index contributed by atoms with van der Waals surface area (Å²) in [6.45, 7) is 3.98. The molecule has 1 saturated heterocycles. The van der Waals surface area contributed by atoms with Gasteiger partial charge < -0.3 is 29.5 Å². The molecule has 0 saturated carbocycles. The molecule has 0 radical (unpaired) electrons. The van der Waals surface area contributed by atoms with Crippen LogP contribution in [0.15, 0.2) is 36.7 Å². The molecule has 9 heteroatoms. The molecule has 2 N–H and O–H groups in total. The van der Waals surface area contributed by atoms with Crippen LogP contribution in [0.1, 0.15) is 17.7 Å². The molecule has 8 nitrogen and oxygen atoms in total. The van der Waals surface area contributed by atoms with Gasteiger partial charge >= 0.3 is 0 Å². The molecule has 34 heavy (non-hydrogen) atoms. The molecule has 0 unspecified atom stereocenters. The molecule has 2 aromatic heterocycles. The van der Waals surface area contributed by atoms with Gasteiger partial charge in [-0.3, -0.25) is 9.97 Å². The fourth-order valence-corrected chi connectivity index (χ4v) is 4.86. The van der Waals surface area contributed by atoms with E-state index in [9.17, 15) is 5.11 Å². The zero-order valence-corrected chi connectivity index (χ0v) is 19.9. The van der Waals surface area contributed by atoms with Crippen LogP contribution in [0, 0.1) is 0 Å².